The molecule has 6 nitrogen and oxygen atoms in total. The maximum atomic E-state index is 12.5. The largest absolute Gasteiger partial charge is 0.455 e. The minimum atomic E-state index is -3.49. The van der Waals surface area contributed by atoms with E-state index >= 15 is 0 Å². The number of hydrogen-bond donors (Lipinski definition) is 0. The molecule has 0 amide bonds. The molecule has 0 saturated carbocycles. The molecule has 0 N–H and O–H groups in total. The Hall–Kier alpha value is -3.19. The van der Waals surface area contributed by atoms with Gasteiger partial charge in [0.25, 0.3) is 5.89 Å². The number of aryl methyl sites for hydroxylation is 1. The summed E-state index contributed by atoms with van der Waals surface area (Å²) >= 11 is 0. The van der Waals surface area contributed by atoms with Gasteiger partial charge >= 0.3 is 0 Å². The number of nitrogens with zero attached hydrogens (tertiary/aromatic N) is 2. The number of benzene rings is 2. The summed E-state index contributed by atoms with van der Waals surface area (Å²) in [6, 6.07) is 19.2. The summed E-state index contributed by atoms with van der Waals surface area (Å²) < 4.78 is 35.8. The first-order valence-electron chi connectivity index (χ1n) is 8.29. The molecular formula is C20H16N2O4S. The zero-order valence-electron chi connectivity index (χ0n) is 14.5. The molecule has 0 aliphatic rings. The van der Waals surface area contributed by atoms with Crippen LogP contribution < -0.4 is 0 Å². The van der Waals surface area contributed by atoms with Crippen LogP contribution in [0.4, 0.5) is 0 Å². The third-order valence-corrected chi connectivity index (χ3v) is 5.66. The Kier molecular flexibility index (Phi) is 4.37. The van der Waals surface area contributed by atoms with Crippen LogP contribution in [0.1, 0.15) is 11.3 Å². The molecule has 2 aromatic carbocycles. The van der Waals surface area contributed by atoms with Gasteiger partial charge in [-0.15, -0.1) is 0 Å². The van der Waals surface area contributed by atoms with Crippen molar-refractivity contribution in [2.45, 2.75) is 17.6 Å². The fraction of sp³-hybridized carbons (Fsp3) is 0.100. The molecule has 0 saturated heterocycles. The fourth-order valence-electron chi connectivity index (χ4n) is 2.69. The second-order valence-corrected chi connectivity index (χ2v) is 8.12. The topological polar surface area (TPSA) is 86.2 Å². The predicted molar refractivity (Wildman–Crippen MR) is 99.5 cm³/mol. The first-order chi connectivity index (χ1) is 13.0. The Balaban J connectivity index is 1.57. The molecule has 136 valence electrons. The van der Waals surface area contributed by atoms with Crippen LogP contribution in [-0.2, 0) is 15.6 Å². The van der Waals surface area contributed by atoms with Gasteiger partial charge in [0.05, 0.1) is 4.90 Å². The van der Waals surface area contributed by atoms with Gasteiger partial charge < -0.3 is 8.94 Å². The molecular weight excluding hydrogens is 364 g/mol. The molecule has 0 bridgehead atoms. The second kappa shape index (κ2) is 6.85. The van der Waals surface area contributed by atoms with E-state index in [9.17, 15) is 8.42 Å². The Bertz CT molecular complexity index is 1180. The molecule has 27 heavy (non-hydrogen) atoms. The Morgan fingerprint density at radius 3 is 2.56 bits per heavy atom. The zero-order chi connectivity index (χ0) is 18.9. The van der Waals surface area contributed by atoms with Crippen molar-refractivity contribution in [3.8, 4) is 23.0 Å². The first-order valence-corrected chi connectivity index (χ1v) is 9.94. The van der Waals surface area contributed by atoms with E-state index in [0.29, 0.717) is 17.3 Å². The molecule has 0 aliphatic carbocycles. The fourth-order valence-corrected chi connectivity index (χ4v) is 3.96. The summed E-state index contributed by atoms with van der Waals surface area (Å²) in [6.07, 6.45) is 0. The Labute approximate surface area is 156 Å². The van der Waals surface area contributed by atoms with Crippen LogP contribution >= 0.6 is 0 Å². The van der Waals surface area contributed by atoms with Crippen molar-refractivity contribution in [1.29, 1.82) is 0 Å². The van der Waals surface area contributed by atoms with Gasteiger partial charge in [0.2, 0.25) is 5.82 Å². The maximum absolute atomic E-state index is 12.5. The molecule has 0 unspecified atom stereocenters. The van der Waals surface area contributed by atoms with Crippen molar-refractivity contribution in [2.24, 2.45) is 0 Å². The number of hydrogen-bond acceptors (Lipinski definition) is 6. The summed E-state index contributed by atoms with van der Waals surface area (Å²) in [5, 5.41) is 3.97. The third kappa shape index (κ3) is 3.68. The van der Waals surface area contributed by atoms with Crippen molar-refractivity contribution in [1.82, 2.24) is 10.1 Å². The van der Waals surface area contributed by atoms with Crippen molar-refractivity contribution in [3.05, 3.63) is 78.1 Å². The lowest BCUT2D eigenvalue weighted by molar-refractivity contribution is 0.413. The zero-order valence-corrected chi connectivity index (χ0v) is 15.3. The van der Waals surface area contributed by atoms with Gasteiger partial charge in [0, 0.05) is 5.56 Å². The lowest BCUT2D eigenvalue weighted by atomic mass is 10.1. The summed E-state index contributed by atoms with van der Waals surface area (Å²) in [4.78, 5) is 4.59. The monoisotopic (exact) mass is 380 g/mol. The van der Waals surface area contributed by atoms with Crippen LogP contribution in [0.5, 0.6) is 0 Å². The Morgan fingerprint density at radius 2 is 1.78 bits per heavy atom. The minimum Gasteiger partial charge on any atom is -0.455 e. The van der Waals surface area contributed by atoms with Crippen molar-refractivity contribution in [2.75, 3.05) is 0 Å². The number of sulfone groups is 1. The summed E-state index contributed by atoms with van der Waals surface area (Å²) in [5.41, 5.74) is 1.92. The highest BCUT2D eigenvalue weighted by molar-refractivity contribution is 7.90. The summed E-state index contributed by atoms with van der Waals surface area (Å²) in [7, 11) is -3.49. The number of aromatic nitrogens is 2. The highest BCUT2D eigenvalue weighted by Gasteiger charge is 2.19. The number of furan rings is 1. The van der Waals surface area contributed by atoms with E-state index < -0.39 is 9.84 Å². The van der Waals surface area contributed by atoms with E-state index in [0.717, 1.165) is 11.1 Å². The smallest absolute Gasteiger partial charge is 0.293 e. The van der Waals surface area contributed by atoms with Gasteiger partial charge in [-0.2, -0.15) is 4.98 Å². The van der Waals surface area contributed by atoms with E-state index in [2.05, 4.69) is 10.1 Å². The third-order valence-electron chi connectivity index (χ3n) is 4.01. The molecule has 7 heteroatoms. The molecule has 0 fully saturated rings. The van der Waals surface area contributed by atoms with Gasteiger partial charge in [0.1, 0.15) is 11.5 Å². The SMILES string of the molecule is Cc1cccc(-c2noc(-c3ccc(CS(=O)(=O)c4ccccc4)o3)n2)c1. The average molecular weight is 380 g/mol. The molecule has 2 heterocycles. The highest BCUT2D eigenvalue weighted by atomic mass is 32.2. The summed E-state index contributed by atoms with van der Waals surface area (Å²) in [6.45, 7) is 1.98. The van der Waals surface area contributed by atoms with Crippen LogP contribution in [0.15, 0.2) is 80.6 Å². The lowest BCUT2D eigenvalue weighted by Crippen LogP contribution is -2.03. The van der Waals surface area contributed by atoms with Crippen molar-refractivity contribution < 1.29 is 17.4 Å². The van der Waals surface area contributed by atoms with Crippen LogP contribution in [0.2, 0.25) is 0 Å². The van der Waals surface area contributed by atoms with Crippen molar-refractivity contribution in [3.63, 3.8) is 0 Å². The van der Waals surface area contributed by atoms with Gasteiger partial charge in [-0.25, -0.2) is 8.42 Å². The predicted octanol–water partition coefficient (Wildman–Crippen LogP) is 4.28. The van der Waals surface area contributed by atoms with Crippen LogP contribution in [0.3, 0.4) is 0 Å². The second-order valence-electron chi connectivity index (χ2n) is 6.13. The van der Waals surface area contributed by atoms with Gasteiger partial charge in [-0.1, -0.05) is 47.1 Å². The lowest BCUT2D eigenvalue weighted by Gasteiger charge is -2.01. The first kappa shape index (κ1) is 17.2. The molecule has 4 rings (SSSR count). The van der Waals surface area contributed by atoms with E-state index in [1.165, 1.54) is 0 Å². The Morgan fingerprint density at radius 1 is 0.963 bits per heavy atom. The summed E-state index contributed by atoms with van der Waals surface area (Å²) in [5.74, 6) is 1.05. The molecule has 0 atom stereocenters. The van der Waals surface area contributed by atoms with Crippen LogP contribution in [0.25, 0.3) is 23.0 Å². The molecule has 4 aromatic rings. The molecule has 0 aliphatic heterocycles. The van der Waals surface area contributed by atoms with Gasteiger partial charge in [-0.3, -0.25) is 0 Å². The van der Waals surface area contributed by atoms with Gasteiger partial charge in [0.15, 0.2) is 15.6 Å². The standard InChI is InChI=1S/C20H16N2O4S/c1-14-6-5-7-15(12-14)19-21-20(26-22-19)18-11-10-16(25-18)13-27(23,24)17-8-3-2-4-9-17/h2-12H,13H2,1H3. The average Bonchev–Trinajstić information content (AvgIpc) is 3.31. The van der Waals surface area contributed by atoms with E-state index in [1.807, 2.05) is 31.2 Å². The minimum absolute atomic E-state index is 0.204. The highest BCUT2D eigenvalue weighted by Crippen LogP contribution is 2.26. The van der Waals surface area contributed by atoms with E-state index in [-0.39, 0.29) is 16.5 Å². The molecule has 2 aromatic heterocycles. The normalized spacial score (nSPS) is 11.6. The van der Waals surface area contributed by atoms with Crippen molar-refractivity contribution >= 4 is 9.84 Å². The quantitative estimate of drug-likeness (QED) is 0.514. The van der Waals surface area contributed by atoms with Crippen LogP contribution in [-0.4, -0.2) is 18.6 Å². The van der Waals surface area contributed by atoms with Gasteiger partial charge in [-0.05, 0) is 37.3 Å². The molecule has 0 radical (unpaired) electrons. The van der Waals surface area contributed by atoms with E-state index in [4.69, 9.17) is 8.94 Å². The molecule has 0 spiro atoms. The maximum Gasteiger partial charge on any atom is 0.293 e. The number of rotatable bonds is 5. The van der Waals surface area contributed by atoms with Crippen LogP contribution in [0, 0.1) is 6.92 Å². The van der Waals surface area contributed by atoms with E-state index in [1.54, 1.807) is 42.5 Å².